The molecule has 0 aliphatic heterocycles. The fourth-order valence-corrected chi connectivity index (χ4v) is 3.19. The van der Waals surface area contributed by atoms with Crippen molar-refractivity contribution < 1.29 is 22.7 Å². The second kappa shape index (κ2) is 9.74. The van der Waals surface area contributed by atoms with E-state index in [0.29, 0.717) is 17.2 Å². The van der Waals surface area contributed by atoms with Crippen LogP contribution in [0.4, 0.5) is 13.2 Å². The Kier molecular flexibility index (Phi) is 7.66. The molecule has 2 rings (SSSR count). The summed E-state index contributed by atoms with van der Waals surface area (Å²) in [6, 6.07) is 16.0. The van der Waals surface area contributed by atoms with Crippen LogP contribution in [0.15, 0.2) is 54.6 Å². The standard InChI is InChI=1S/C21H23F3O2S/c1-15(2)14-16-8-10-17(11-9-16)19(12-13-27-21(22,23)24)20(25)26-18-6-4-3-5-7-18/h3-11,13,15,19,27H,12,14H2,1-2H3. The van der Waals surface area contributed by atoms with Crippen LogP contribution in [0.25, 0.3) is 0 Å². The second-order valence-electron chi connectivity index (χ2n) is 6.64. The van der Waals surface area contributed by atoms with Crippen molar-refractivity contribution in [2.75, 3.05) is 0 Å². The molecule has 1 unspecified atom stereocenters. The van der Waals surface area contributed by atoms with Gasteiger partial charge in [-0.25, -0.2) is 0 Å². The average Bonchev–Trinajstić information content (AvgIpc) is 2.59. The first-order valence-electron chi connectivity index (χ1n) is 8.70. The van der Waals surface area contributed by atoms with Crippen LogP contribution in [-0.4, -0.2) is 16.8 Å². The molecule has 0 N–H and O–H groups in total. The maximum atomic E-state index is 12.6. The molecule has 2 aromatic rings. The lowest BCUT2D eigenvalue weighted by Gasteiger charge is -2.16. The van der Waals surface area contributed by atoms with Crippen LogP contribution in [0.5, 0.6) is 5.75 Å². The summed E-state index contributed by atoms with van der Waals surface area (Å²) in [4.78, 5) is 12.6. The van der Waals surface area contributed by atoms with Crippen molar-refractivity contribution in [1.82, 2.24) is 0 Å². The van der Waals surface area contributed by atoms with Crippen LogP contribution >= 0.6 is 11.4 Å². The minimum absolute atomic E-state index is 0.0454. The molecule has 2 nitrogen and oxygen atoms in total. The molecular formula is C21H23F3O2S. The number of halogens is 3. The lowest BCUT2D eigenvalue weighted by molar-refractivity contribution is -0.135. The number of hydrogen-bond donors (Lipinski definition) is 1. The molecule has 27 heavy (non-hydrogen) atoms. The molecule has 0 spiro atoms. The number of thiol groups is 1. The number of carbonyl (C=O) groups excluding carboxylic acids is 1. The van der Waals surface area contributed by atoms with E-state index >= 15 is 0 Å². The van der Waals surface area contributed by atoms with E-state index in [4.69, 9.17) is 4.74 Å². The molecule has 146 valence electrons. The lowest BCUT2D eigenvalue weighted by Crippen LogP contribution is -2.19. The Labute approximate surface area is 161 Å². The number of benzene rings is 2. The zero-order valence-electron chi connectivity index (χ0n) is 15.2. The number of carbonyl (C=O) groups is 1. The van der Waals surface area contributed by atoms with E-state index in [9.17, 15) is 18.0 Å². The fraction of sp³-hybridized carbons (Fsp3) is 0.333. The fourth-order valence-electron chi connectivity index (χ4n) is 2.66. The van der Waals surface area contributed by atoms with Crippen molar-refractivity contribution >= 4 is 22.7 Å². The van der Waals surface area contributed by atoms with E-state index in [1.165, 1.54) is 0 Å². The van der Waals surface area contributed by atoms with Gasteiger partial charge in [0.15, 0.2) is 0 Å². The van der Waals surface area contributed by atoms with E-state index in [0.717, 1.165) is 17.4 Å². The first-order chi connectivity index (χ1) is 12.7. The summed E-state index contributed by atoms with van der Waals surface area (Å²) in [6.07, 6.45) is 0.856. The van der Waals surface area contributed by atoms with Gasteiger partial charge in [-0.05, 0) is 42.0 Å². The maximum Gasteiger partial charge on any atom is 0.433 e. The minimum Gasteiger partial charge on any atom is -0.426 e. The van der Waals surface area contributed by atoms with Crippen LogP contribution in [0, 0.1) is 5.92 Å². The molecule has 0 aromatic heterocycles. The van der Waals surface area contributed by atoms with E-state index in [-0.39, 0.29) is 6.42 Å². The Morgan fingerprint density at radius 3 is 2.26 bits per heavy atom. The highest BCUT2D eigenvalue weighted by molar-refractivity contribution is 7.98. The second-order valence-corrected chi connectivity index (χ2v) is 7.77. The Morgan fingerprint density at radius 2 is 1.70 bits per heavy atom. The van der Waals surface area contributed by atoms with Gasteiger partial charge in [-0.3, -0.25) is 4.79 Å². The van der Waals surface area contributed by atoms with Crippen molar-refractivity contribution in [3.63, 3.8) is 0 Å². The highest BCUT2D eigenvalue weighted by Crippen LogP contribution is 2.27. The Morgan fingerprint density at radius 1 is 1.07 bits per heavy atom. The predicted molar refractivity (Wildman–Crippen MR) is 106 cm³/mol. The number of para-hydroxylation sites is 1. The quantitative estimate of drug-likeness (QED) is 0.279. The smallest absolute Gasteiger partial charge is 0.426 e. The number of esters is 1. The Balaban J connectivity index is 2.20. The molecule has 0 amide bonds. The first-order valence-corrected chi connectivity index (χ1v) is 9.67. The zero-order valence-corrected chi connectivity index (χ0v) is 16.1. The normalized spacial score (nSPS) is 13.4. The molecule has 6 heteroatoms. The molecule has 0 saturated carbocycles. The van der Waals surface area contributed by atoms with E-state index in [2.05, 4.69) is 13.8 Å². The van der Waals surface area contributed by atoms with Crippen molar-refractivity contribution in [1.29, 1.82) is 0 Å². The van der Waals surface area contributed by atoms with Gasteiger partial charge in [0.25, 0.3) is 0 Å². The molecule has 0 aliphatic rings. The topological polar surface area (TPSA) is 26.3 Å². The minimum atomic E-state index is -4.31. The van der Waals surface area contributed by atoms with Crippen molar-refractivity contribution in [2.45, 2.75) is 38.1 Å². The number of rotatable bonds is 7. The predicted octanol–water partition coefficient (Wildman–Crippen LogP) is 5.75. The third-order valence-electron chi connectivity index (χ3n) is 3.85. The van der Waals surface area contributed by atoms with Gasteiger partial charge >= 0.3 is 11.5 Å². The van der Waals surface area contributed by atoms with Gasteiger partial charge in [0.2, 0.25) is 0 Å². The Hall–Kier alpha value is -2.08. The molecular weight excluding hydrogens is 373 g/mol. The van der Waals surface area contributed by atoms with Crippen molar-refractivity contribution in [2.24, 2.45) is 5.92 Å². The molecule has 0 aliphatic carbocycles. The van der Waals surface area contributed by atoms with Crippen LogP contribution in [0.3, 0.4) is 0 Å². The van der Waals surface area contributed by atoms with Gasteiger partial charge in [0.1, 0.15) is 5.75 Å². The van der Waals surface area contributed by atoms with Crippen molar-refractivity contribution in [3.05, 3.63) is 65.7 Å². The van der Waals surface area contributed by atoms with Gasteiger partial charge in [-0.1, -0.05) is 61.7 Å². The maximum absolute atomic E-state index is 12.6. The number of alkyl halides is 3. The van der Waals surface area contributed by atoms with E-state index < -0.39 is 28.7 Å². The monoisotopic (exact) mass is 396 g/mol. The van der Waals surface area contributed by atoms with Crippen LogP contribution in [-0.2, 0) is 11.2 Å². The summed E-state index contributed by atoms with van der Waals surface area (Å²) in [5.41, 5.74) is -2.53. The average molecular weight is 396 g/mol. The molecule has 0 radical (unpaired) electrons. The van der Waals surface area contributed by atoms with Crippen molar-refractivity contribution in [3.8, 4) is 5.75 Å². The third kappa shape index (κ3) is 7.59. The van der Waals surface area contributed by atoms with Gasteiger partial charge in [0, 0.05) is 0 Å². The number of ether oxygens (including phenoxy) is 1. The summed E-state index contributed by atoms with van der Waals surface area (Å²) in [6.45, 7) is 4.22. The molecule has 0 heterocycles. The van der Waals surface area contributed by atoms with E-state index in [1.54, 1.807) is 42.5 Å². The first kappa shape index (κ1) is 21.2. The molecule has 0 bridgehead atoms. The molecule has 0 saturated heterocycles. The van der Waals surface area contributed by atoms with Crippen LogP contribution < -0.4 is 4.74 Å². The van der Waals surface area contributed by atoms with E-state index in [1.807, 2.05) is 12.1 Å². The SMILES string of the molecule is CC(C)Cc1ccc(C(CC=[SH]C(F)(F)F)C(=O)Oc2ccccc2)cc1. The summed E-state index contributed by atoms with van der Waals surface area (Å²) >= 11 is -0.770. The van der Waals surface area contributed by atoms with Gasteiger partial charge in [-0.2, -0.15) is 13.2 Å². The lowest BCUT2D eigenvalue weighted by atomic mass is 9.94. The highest BCUT2D eigenvalue weighted by atomic mass is 32.1. The van der Waals surface area contributed by atoms with Crippen LogP contribution in [0.1, 0.15) is 37.3 Å². The zero-order chi connectivity index (χ0) is 19.9. The summed E-state index contributed by atoms with van der Waals surface area (Å²) in [5, 5.41) is 1.07. The number of hydrogen-bond acceptors (Lipinski definition) is 2. The van der Waals surface area contributed by atoms with Gasteiger partial charge in [0.05, 0.1) is 5.92 Å². The molecule has 0 fully saturated rings. The molecule has 1 atom stereocenters. The summed E-state index contributed by atoms with van der Waals surface area (Å²) in [7, 11) is 0. The van der Waals surface area contributed by atoms with Gasteiger partial charge in [-0.15, -0.1) is 11.4 Å². The Bertz CT molecular complexity index is 753. The summed E-state index contributed by atoms with van der Waals surface area (Å²) in [5.74, 6) is -0.481. The third-order valence-corrected chi connectivity index (χ3v) is 4.54. The summed E-state index contributed by atoms with van der Waals surface area (Å²) < 4.78 is 42.8. The van der Waals surface area contributed by atoms with Gasteiger partial charge < -0.3 is 4.74 Å². The molecule has 2 aromatic carbocycles. The highest BCUT2D eigenvalue weighted by Gasteiger charge is 2.25. The largest absolute Gasteiger partial charge is 0.433 e. The van der Waals surface area contributed by atoms with Crippen LogP contribution in [0.2, 0.25) is 0 Å².